The molecule has 0 radical (unpaired) electrons. The second-order valence-electron chi connectivity index (χ2n) is 3.24. The van der Waals surface area contributed by atoms with Crippen LogP contribution in [-0.2, 0) is 14.3 Å². The van der Waals surface area contributed by atoms with Crippen LogP contribution in [0.3, 0.4) is 0 Å². The van der Waals surface area contributed by atoms with E-state index in [4.69, 9.17) is 9.84 Å². The van der Waals surface area contributed by atoms with Crippen molar-refractivity contribution in [2.24, 2.45) is 5.92 Å². The number of rotatable bonds is 6. The SMILES string of the molecule is CCOC(=O)[C@](Br)(CC)[C@@H](CC)C(=O)O. The first-order valence-electron chi connectivity index (χ1n) is 5.02. The molecule has 0 aliphatic carbocycles. The average Bonchev–Trinajstić information content (AvgIpc) is 2.18. The number of aliphatic carboxylic acids is 1. The van der Waals surface area contributed by atoms with Crippen LogP contribution >= 0.6 is 15.9 Å². The molecule has 0 unspecified atom stereocenters. The summed E-state index contributed by atoms with van der Waals surface area (Å²) in [6, 6.07) is 0. The predicted molar refractivity (Wildman–Crippen MR) is 60.0 cm³/mol. The van der Waals surface area contributed by atoms with Crippen molar-refractivity contribution >= 4 is 27.9 Å². The van der Waals surface area contributed by atoms with Crippen LogP contribution in [-0.4, -0.2) is 28.0 Å². The summed E-state index contributed by atoms with van der Waals surface area (Å²) in [4.78, 5) is 22.7. The van der Waals surface area contributed by atoms with Gasteiger partial charge in [-0.05, 0) is 19.8 Å². The fourth-order valence-electron chi connectivity index (χ4n) is 1.48. The second kappa shape index (κ2) is 6.10. The van der Waals surface area contributed by atoms with Gasteiger partial charge < -0.3 is 9.84 Å². The van der Waals surface area contributed by atoms with Gasteiger partial charge in [0, 0.05) is 0 Å². The van der Waals surface area contributed by atoms with E-state index in [1.807, 2.05) is 0 Å². The number of ether oxygens (including phenoxy) is 1. The maximum atomic E-state index is 11.7. The Morgan fingerprint density at radius 1 is 1.40 bits per heavy atom. The highest BCUT2D eigenvalue weighted by Gasteiger charge is 2.46. The topological polar surface area (TPSA) is 63.6 Å². The first kappa shape index (κ1) is 14.4. The monoisotopic (exact) mass is 280 g/mol. The van der Waals surface area contributed by atoms with E-state index < -0.39 is 22.2 Å². The van der Waals surface area contributed by atoms with Crippen LogP contribution in [0.25, 0.3) is 0 Å². The Morgan fingerprint density at radius 2 is 1.93 bits per heavy atom. The maximum absolute atomic E-state index is 11.7. The average molecular weight is 281 g/mol. The number of alkyl halides is 1. The fraction of sp³-hybridized carbons (Fsp3) is 0.800. The molecule has 1 N–H and O–H groups in total. The lowest BCUT2D eigenvalue weighted by Gasteiger charge is -2.29. The van der Waals surface area contributed by atoms with Crippen molar-refractivity contribution in [3.63, 3.8) is 0 Å². The molecule has 88 valence electrons. The maximum Gasteiger partial charge on any atom is 0.323 e. The summed E-state index contributed by atoms with van der Waals surface area (Å²) in [6.45, 7) is 5.45. The smallest absolute Gasteiger partial charge is 0.323 e. The number of hydrogen-bond donors (Lipinski definition) is 1. The Kier molecular flexibility index (Phi) is 5.87. The van der Waals surface area contributed by atoms with Gasteiger partial charge in [0.1, 0.15) is 4.32 Å². The molecule has 0 aromatic rings. The number of carbonyl (C=O) groups excluding carboxylic acids is 1. The van der Waals surface area contributed by atoms with Crippen LogP contribution in [0.2, 0.25) is 0 Å². The summed E-state index contributed by atoms with van der Waals surface area (Å²) in [5, 5.41) is 9.02. The van der Waals surface area contributed by atoms with Gasteiger partial charge in [-0.3, -0.25) is 9.59 Å². The Bertz CT molecular complexity index is 242. The van der Waals surface area contributed by atoms with E-state index in [0.29, 0.717) is 12.8 Å². The lowest BCUT2D eigenvalue weighted by Crippen LogP contribution is -2.44. The van der Waals surface area contributed by atoms with Gasteiger partial charge in [0.2, 0.25) is 0 Å². The van der Waals surface area contributed by atoms with Crippen LogP contribution in [0.1, 0.15) is 33.6 Å². The van der Waals surface area contributed by atoms with E-state index >= 15 is 0 Å². The quantitative estimate of drug-likeness (QED) is 0.599. The minimum Gasteiger partial charge on any atom is -0.481 e. The molecule has 0 heterocycles. The van der Waals surface area contributed by atoms with Crippen LogP contribution < -0.4 is 0 Å². The molecular weight excluding hydrogens is 264 g/mol. The Labute approximate surface area is 98.1 Å². The minimum atomic E-state index is -1.11. The molecule has 0 aromatic carbocycles. The predicted octanol–water partition coefficient (Wildman–Crippen LogP) is 2.20. The normalized spacial score (nSPS) is 16.5. The molecule has 0 fully saturated rings. The third-order valence-corrected chi connectivity index (χ3v) is 3.83. The summed E-state index contributed by atoms with van der Waals surface area (Å²) in [5.41, 5.74) is 0. The molecule has 2 atom stereocenters. The summed E-state index contributed by atoms with van der Waals surface area (Å²) in [7, 11) is 0. The van der Waals surface area contributed by atoms with Gasteiger partial charge in [-0.25, -0.2) is 0 Å². The zero-order valence-electron chi connectivity index (χ0n) is 9.25. The number of carbonyl (C=O) groups is 2. The first-order chi connectivity index (χ1) is 6.93. The zero-order valence-corrected chi connectivity index (χ0v) is 10.8. The number of carboxylic acids is 1. The van der Waals surface area contributed by atoms with Gasteiger partial charge in [-0.1, -0.05) is 29.8 Å². The van der Waals surface area contributed by atoms with E-state index in [2.05, 4.69) is 15.9 Å². The van der Waals surface area contributed by atoms with Crippen molar-refractivity contribution in [2.45, 2.75) is 37.9 Å². The highest BCUT2D eigenvalue weighted by molar-refractivity contribution is 9.10. The number of halogens is 1. The van der Waals surface area contributed by atoms with Gasteiger partial charge in [0.15, 0.2) is 0 Å². The lowest BCUT2D eigenvalue weighted by molar-refractivity contribution is -0.154. The molecule has 0 rings (SSSR count). The van der Waals surface area contributed by atoms with Gasteiger partial charge in [-0.15, -0.1) is 0 Å². The fourth-order valence-corrected chi connectivity index (χ4v) is 2.11. The molecule has 0 aliphatic rings. The minimum absolute atomic E-state index is 0.252. The molecule has 0 amide bonds. The molecule has 0 aromatic heterocycles. The zero-order chi connectivity index (χ0) is 12.1. The van der Waals surface area contributed by atoms with Crippen molar-refractivity contribution in [3.8, 4) is 0 Å². The standard InChI is InChI=1S/C10H17BrO4/c1-4-7(8(12)13)10(11,5-2)9(14)15-6-3/h7H,4-6H2,1-3H3,(H,12,13)/t7-,10-/m0/s1. The van der Waals surface area contributed by atoms with Gasteiger partial charge in [0.25, 0.3) is 0 Å². The Hall–Kier alpha value is -0.580. The first-order valence-corrected chi connectivity index (χ1v) is 5.82. The highest BCUT2D eigenvalue weighted by Crippen LogP contribution is 2.35. The molecule has 4 nitrogen and oxygen atoms in total. The van der Waals surface area contributed by atoms with Crippen molar-refractivity contribution in [1.82, 2.24) is 0 Å². The number of esters is 1. The highest BCUT2D eigenvalue weighted by atomic mass is 79.9. The molecule has 5 heteroatoms. The molecule has 0 saturated heterocycles. The van der Waals surface area contributed by atoms with Gasteiger partial charge >= 0.3 is 11.9 Å². The van der Waals surface area contributed by atoms with Crippen molar-refractivity contribution in [2.75, 3.05) is 6.61 Å². The van der Waals surface area contributed by atoms with Crippen LogP contribution in [0.15, 0.2) is 0 Å². The molecule has 15 heavy (non-hydrogen) atoms. The van der Waals surface area contributed by atoms with Gasteiger partial charge in [0.05, 0.1) is 12.5 Å². The third kappa shape index (κ3) is 3.19. The second-order valence-corrected chi connectivity index (χ2v) is 4.65. The van der Waals surface area contributed by atoms with Crippen LogP contribution in [0.5, 0.6) is 0 Å². The van der Waals surface area contributed by atoms with Crippen molar-refractivity contribution < 1.29 is 19.4 Å². The summed E-state index contributed by atoms with van der Waals surface area (Å²) >= 11 is 3.22. The Morgan fingerprint density at radius 3 is 2.20 bits per heavy atom. The molecule has 0 spiro atoms. The Balaban J connectivity index is 4.95. The number of carboxylic acid groups (broad SMARTS) is 1. The summed E-state index contributed by atoms with van der Waals surface area (Å²) < 4.78 is 3.77. The van der Waals surface area contributed by atoms with E-state index in [-0.39, 0.29) is 6.61 Å². The number of hydrogen-bond acceptors (Lipinski definition) is 3. The van der Waals surface area contributed by atoms with E-state index in [1.165, 1.54) is 0 Å². The van der Waals surface area contributed by atoms with E-state index in [0.717, 1.165) is 0 Å². The van der Waals surface area contributed by atoms with Crippen molar-refractivity contribution in [1.29, 1.82) is 0 Å². The van der Waals surface area contributed by atoms with Crippen molar-refractivity contribution in [3.05, 3.63) is 0 Å². The van der Waals surface area contributed by atoms with E-state index in [1.54, 1.807) is 20.8 Å². The van der Waals surface area contributed by atoms with Crippen LogP contribution in [0.4, 0.5) is 0 Å². The molecule has 0 aliphatic heterocycles. The van der Waals surface area contributed by atoms with Gasteiger partial charge in [-0.2, -0.15) is 0 Å². The summed E-state index contributed by atoms with van der Waals surface area (Å²) in [6.07, 6.45) is 0.768. The van der Waals surface area contributed by atoms with E-state index in [9.17, 15) is 9.59 Å². The lowest BCUT2D eigenvalue weighted by atomic mass is 9.87. The summed E-state index contributed by atoms with van der Waals surface area (Å²) in [5.74, 6) is -2.24. The molecule has 0 bridgehead atoms. The molecular formula is C10H17BrO4. The molecule has 0 saturated carbocycles. The largest absolute Gasteiger partial charge is 0.481 e. The van der Waals surface area contributed by atoms with Crippen LogP contribution in [0, 0.1) is 5.92 Å². The third-order valence-electron chi connectivity index (χ3n) is 2.39.